The molecule has 100 valence electrons. The molecule has 0 aromatic heterocycles. The Labute approximate surface area is 106 Å². The third-order valence-corrected chi connectivity index (χ3v) is 9.01. The second-order valence-electron chi connectivity index (χ2n) is 6.99. The Morgan fingerprint density at radius 1 is 1.06 bits per heavy atom. The van der Waals surface area contributed by atoms with Crippen molar-refractivity contribution in [3.63, 3.8) is 0 Å². The van der Waals surface area contributed by atoms with Crippen molar-refractivity contribution in [3.8, 4) is 0 Å². The topological polar surface area (TPSA) is 27.7 Å². The predicted octanol–water partition coefficient (Wildman–Crippen LogP) is 2.81. The maximum absolute atomic E-state index is 6.41. The van der Waals surface area contributed by atoms with Gasteiger partial charge in [0, 0.05) is 5.92 Å². The average Bonchev–Trinajstić information content (AvgIpc) is 2.70. The quantitative estimate of drug-likeness (QED) is 0.713. The number of hydrogen-bond acceptors (Lipinski definition) is 3. The summed E-state index contributed by atoms with van der Waals surface area (Å²) >= 11 is 0. The third-order valence-electron chi connectivity index (χ3n) is 4.51. The minimum Gasteiger partial charge on any atom is -0.409 e. The highest BCUT2D eigenvalue weighted by atomic mass is 28.4. The van der Waals surface area contributed by atoms with Crippen LogP contribution in [0.3, 0.4) is 0 Å². The number of rotatable bonds is 2. The molecule has 4 heteroatoms. The molecule has 3 nitrogen and oxygen atoms in total. The van der Waals surface area contributed by atoms with Crippen LogP contribution in [0.2, 0.25) is 18.1 Å². The third kappa shape index (κ3) is 2.45. The van der Waals surface area contributed by atoms with Crippen molar-refractivity contribution in [2.45, 2.75) is 64.1 Å². The van der Waals surface area contributed by atoms with Crippen LogP contribution in [0.4, 0.5) is 0 Å². The van der Waals surface area contributed by atoms with Crippen LogP contribution in [0, 0.1) is 5.92 Å². The molecular weight excluding hydrogens is 232 g/mol. The van der Waals surface area contributed by atoms with Crippen LogP contribution >= 0.6 is 0 Å². The molecule has 2 aliphatic heterocycles. The minimum atomic E-state index is -1.71. The zero-order chi connectivity index (χ0) is 12.8. The van der Waals surface area contributed by atoms with Crippen LogP contribution in [0.15, 0.2) is 0 Å². The van der Waals surface area contributed by atoms with Gasteiger partial charge in [0.2, 0.25) is 0 Å². The van der Waals surface area contributed by atoms with Gasteiger partial charge in [-0.2, -0.15) is 0 Å². The molecule has 0 saturated carbocycles. The SMILES string of the molecule is C[C@H]1CO[C@H]2[C@@H]1OC[C@H]2O[Si](C)(C)C(C)(C)C. The molecule has 0 aromatic rings. The molecule has 2 heterocycles. The van der Waals surface area contributed by atoms with Gasteiger partial charge in [-0.05, 0) is 18.1 Å². The zero-order valence-electron chi connectivity index (χ0n) is 11.9. The highest BCUT2D eigenvalue weighted by Crippen LogP contribution is 2.40. The zero-order valence-corrected chi connectivity index (χ0v) is 12.9. The maximum Gasteiger partial charge on any atom is 0.192 e. The molecule has 0 aromatic carbocycles. The van der Waals surface area contributed by atoms with E-state index in [4.69, 9.17) is 13.9 Å². The fraction of sp³-hybridized carbons (Fsp3) is 1.00. The average molecular weight is 258 g/mol. The summed E-state index contributed by atoms with van der Waals surface area (Å²) in [5.74, 6) is 0.507. The second-order valence-corrected chi connectivity index (χ2v) is 11.7. The lowest BCUT2D eigenvalue weighted by Crippen LogP contribution is -2.47. The Morgan fingerprint density at radius 3 is 2.24 bits per heavy atom. The molecule has 0 radical (unpaired) electrons. The van der Waals surface area contributed by atoms with Gasteiger partial charge in [-0.25, -0.2) is 0 Å². The summed E-state index contributed by atoms with van der Waals surface area (Å²) in [4.78, 5) is 0. The van der Waals surface area contributed by atoms with Gasteiger partial charge in [-0.1, -0.05) is 27.7 Å². The monoisotopic (exact) mass is 258 g/mol. The molecule has 2 saturated heterocycles. The molecule has 0 amide bonds. The number of ether oxygens (including phenoxy) is 2. The Hall–Kier alpha value is 0.0969. The number of fused-ring (bicyclic) bond motifs is 1. The standard InChI is InChI=1S/C13H26O3Si/c1-9-7-14-12-10(8-15-11(9)12)16-17(5,6)13(2,3)4/h9-12H,7-8H2,1-6H3/t9-,10+,11+,12+/m0/s1. The predicted molar refractivity (Wildman–Crippen MR) is 70.7 cm³/mol. The van der Waals surface area contributed by atoms with Crippen molar-refractivity contribution in [1.29, 1.82) is 0 Å². The van der Waals surface area contributed by atoms with Crippen LogP contribution in [0.1, 0.15) is 27.7 Å². The summed E-state index contributed by atoms with van der Waals surface area (Å²) in [6.45, 7) is 15.1. The Morgan fingerprint density at radius 2 is 1.65 bits per heavy atom. The Balaban J connectivity index is 2.02. The molecule has 0 N–H and O–H groups in total. The molecule has 2 rings (SSSR count). The highest BCUT2D eigenvalue weighted by molar-refractivity contribution is 6.74. The van der Waals surface area contributed by atoms with E-state index in [1.807, 2.05) is 0 Å². The first-order chi connectivity index (χ1) is 7.72. The van der Waals surface area contributed by atoms with Gasteiger partial charge in [-0.3, -0.25) is 0 Å². The fourth-order valence-corrected chi connectivity index (χ4v) is 3.62. The largest absolute Gasteiger partial charge is 0.409 e. The van der Waals surface area contributed by atoms with E-state index in [-0.39, 0.29) is 23.4 Å². The van der Waals surface area contributed by atoms with Crippen LogP contribution in [-0.2, 0) is 13.9 Å². The van der Waals surface area contributed by atoms with Crippen molar-refractivity contribution >= 4 is 8.32 Å². The minimum absolute atomic E-state index is 0.144. The molecule has 0 aliphatic carbocycles. The summed E-state index contributed by atoms with van der Waals surface area (Å²) in [5.41, 5.74) is 0. The second kappa shape index (κ2) is 4.33. The van der Waals surface area contributed by atoms with Crippen molar-refractivity contribution in [3.05, 3.63) is 0 Å². The van der Waals surface area contributed by atoms with Crippen LogP contribution < -0.4 is 0 Å². The molecule has 4 atom stereocenters. The summed E-state index contributed by atoms with van der Waals surface area (Å²) < 4.78 is 18.1. The van der Waals surface area contributed by atoms with Gasteiger partial charge in [0.1, 0.15) is 6.10 Å². The first kappa shape index (κ1) is 13.5. The maximum atomic E-state index is 6.41. The molecule has 0 bridgehead atoms. The van der Waals surface area contributed by atoms with Gasteiger partial charge >= 0.3 is 0 Å². The van der Waals surface area contributed by atoms with Gasteiger partial charge in [-0.15, -0.1) is 0 Å². The van der Waals surface area contributed by atoms with E-state index in [2.05, 4.69) is 40.8 Å². The van der Waals surface area contributed by atoms with Gasteiger partial charge in [0.15, 0.2) is 8.32 Å². The van der Waals surface area contributed by atoms with Gasteiger partial charge < -0.3 is 13.9 Å². The smallest absolute Gasteiger partial charge is 0.192 e. The summed E-state index contributed by atoms with van der Waals surface area (Å²) in [6, 6.07) is 0. The van der Waals surface area contributed by atoms with Crippen molar-refractivity contribution in [1.82, 2.24) is 0 Å². The summed E-state index contributed by atoms with van der Waals surface area (Å²) in [5, 5.41) is 0.245. The van der Waals surface area contributed by atoms with E-state index in [0.29, 0.717) is 12.5 Å². The van der Waals surface area contributed by atoms with Crippen molar-refractivity contribution in [2.75, 3.05) is 13.2 Å². The van der Waals surface area contributed by atoms with Gasteiger partial charge in [0.25, 0.3) is 0 Å². The molecule has 17 heavy (non-hydrogen) atoms. The lowest BCUT2D eigenvalue weighted by molar-refractivity contribution is 0.0234. The highest BCUT2D eigenvalue weighted by Gasteiger charge is 2.49. The fourth-order valence-electron chi connectivity index (χ4n) is 2.31. The van der Waals surface area contributed by atoms with Crippen molar-refractivity contribution in [2.24, 2.45) is 5.92 Å². The lowest BCUT2D eigenvalue weighted by Gasteiger charge is -2.39. The van der Waals surface area contributed by atoms with Gasteiger partial charge in [0.05, 0.1) is 25.4 Å². The normalized spacial score (nSPS) is 38.5. The molecule has 2 aliphatic rings. The van der Waals surface area contributed by atoms with E-state index in [9.17, 15) is 0 Å². The lowest BCUT2D eigenvalue weighted by atomic mass is 10.0. The Kier molecular flexibility index (Phi) is 3.45. The van der Waals surface area contributed by atoms with E-state index in [1.54, 1.807) is 0 Å². The number of hydrogen-bond donors (Lipinski definition) is 0. The van der Waals surface area contributed by atoms with E-state index >= 15 is 0 Å². The van der Waals surface area contributed by atoms with E-state index in [1.165, 1.54) is 0 Å². The summed E-state index contributed by atoms with van der Waals surface area (Å²) in [7, 11) is -1.71. The Bertz CT molecular complexity index is 285. The first-order valence-electron chi connectivity index (χ1n) is 6.63. The molecule has 0 unspecified atom stereocenters. The van der Waals surface area contributed by atoms with Crippen LogP contribution in [0.5, 0.6) is 0 Å². The van der Waals surface area contributed by atoms with E-state index in [0.717, 1.165) is 6.61 Å². The molecule has 2 fully saturated rings. The molecule has 0 spiro atoms. The van der Waals surface area contributed by atoms with Crippen LogP contribution in [-0.4, -0.2) is 39.8 Å². The van der Waals surface area contributed by atoms with E-state index < -0.39 is 8.32 Å². The molecular formula is C13H26O3Si. The summed E-state index contributed by atoms with van der Waals surface area (Å²) in [6.07, 6.45) is 0.565. The van der Waals surface area contributed by atoms with Crippen molar-refractivity contribution < 1.29 is 13.9 Å². The first-order valence-corrected chi connectivity index (χ1v) is 9.54. The van der Waals surface area contributed by atoms with Crippen LogP contribution in [0.25, 0.3) is 0 Å².